The maximum atomic E-state index is 5.40. The maximum Gasteiger partial charge on any atom is 0.203 e. The van der Waals surface area contributed by atoms with Crippen molar-refractivity contribution in [3.8, 4) is 17.2 Å². The smallest absolute Gasteiger partial charge is 0.203 e. The Balaban J connectivity index is 2.09. The summed E-state index contributed by atoms with van der Waals surface area (Å²) in [6, 6.07) is 3.99. The van der Waals surface area contributed by atoms with E-state index in [-0.39, 0.29) is 0 Å². The Hall–Kier alpha value is -1.18. The molecule has 0 aliphatic carbocycles. The van der Waals surface area contributed by atoms with Crippen LogP contribution in [0, 0.1) is 0 Å². The molecular weight excluding hydrogens is 320 g/mol. The molecule has 1 aliphatic rings. The van der Waals surface area contributed by atoms with Crippen LogP contribution in [0.3, 0.4) is 0 Å². The first-order valence-electron chi connectivity index (χ1n) is 7.08. The van der Waals surface area contributed by atoms with Crippen LogP contribution in [-0.4, -0.2) is 61.6 Å². The minimum atomic E-state index is 0.624. The number of ether oxygens (including phenoxy) is 3. The van der Waals surface area contributed by atoms with Crippen molar-refractivity contribution in [2.45, 2.75) is 6.54 Å². The lowest BCUT2D eigenvalue weighted by Crippen LogP contribution is -2.46. The van der Waals surface area contributed by atoms with E-state index in [1.807, 2.05) is 12.1 Å². The van der Waals surface area contributed by atoms with Gasteiger partial charge in [-0.15, -0.1) is 12.6 Å². The summed E-state index contributed by atoms with van der Waals surface area (Å²) in [5.41, 5.74) is 1.14. The highest BCUT2D eigenvalue weighted by Gasteiger charge is 2.19. The molecule has 1 fully saturated rings. The van der Waals surface area contributed by atoms with Crippen LogP contribution in [0.5, 0.6) is 17.2 Å². The third-order valence-corrected chi connectivity index (χ3v) is 4.31. The van der Waals surface area contributed by atoms with Gasteiger partial charge < -0.3 is 19.1 Å². The summed E-state index contributed by atoms with van der Waals surface area (Å²) in [5, 5.41) is 0. The topological polar surface area (TPSA) is 34.2 Å². The average Bonchev–Trinajstić information content (AvgIpc) is 2.54. The van der Waals surface area contributed by atoms with Gasteiger partial charge in [-0.1, -0.05) is 12.2 Å². The first-order chi connectivity index (χ1) is 10.6. The Morgan fingerprint density at radius 2 is 1.59 bits per heavy atom. The molecule has 7 heteroatoms. The molecule has 1 aromatic rings. The fourth-order valence-corrected chi connectivity index (χ4v) is 2.96. The largest absolute Gasteiger partial charge is 0.493 e. The lowest BCUT2D eigenvalue weighted by Gasteiger charge is -2.35. The number of thiol groups is 1. The van der Waals surface area contributed by atoms with Gasteiger partial charge in [0, 0.05) is 32.7 Å². The first kappa shape index (κ1) is 17.2. The molecule has 0 bridgehead atoms. The minimum absolute atomic E-state index is 0.624. The Morgan fingerprint density at radius 3 is 2.00 bits per heavy atom. The van der Waals surface area contributed by atoms with E-state index >= 15 is 0 Å². The number of methoxy groups -OCH3 is 3. The van der Waals surface area contributed by atoms with Gasteiger partial charge >= 0.3 is 0 Å². The lowest BCUT2D eigenvalue weighted by molar-refractivity contribution is 0.178. The van der Waals surface area contributed by atoms with Crippen LogP contribution in [0.4, 0.5) is 0 Å². The van der Waals surface area contributed by atoms with Gasteiger partial charge in [-0.05, 0) is 17.7 Å². The second-order valence-electron chi connectivity index (χ2n) is 5.08. The molecule has 1 heterocycles. The molecule has 0 saturated carbocycles. The molecule has 0 radical (unpaired) electrons. The van der Waals surface area contributed by atoms with E-state index in [4.69, 9.17) is 26.4 Å². The average molecular weight is 342 g/mol. The van der Waals surface area contributed by atoms with Gasteiger partial charge in [0.05, 0.1) is 21.3 Å². The molecule has 1 aromatic carbocycles. The Labute approximate surface area is 142 Å². The Bertz CT molecular complexity index is 507. The van der Waals surface area contributed by atoms with Gasteiger partial charge in [0.2, 0.25) is 5.75 Å². The molecule has 122 valence electrons. The number of hydrogen-bond donors (Lipinski definition) is 1. The molecule has 0 unspecified atom stereocenters. The van der Waals surface area contributed by atoms with E-state index in [9.17, 15) is 0 Å². The monoisotopic (exact) mass is 342 g/mol. The predicted molar refractivity (Wildman–Crippen MR) is 94.5 cm³/mol. The van der Waals surface area contributed by atoms with E-state index in [2.05, 4.69) is 22.4 Å². The molecule has 0 spiro atoms. The molecule has 0 aromatic heterocycles. The van der Waals surface area contributed by atoms with E-state index in [0.717, 1.165) is 38.3 Å². The van der Waals surface area contributed by atoms with Crippen molar-refractivity contribution >= 4 is 29.2 Å². The molecule has 1 saturated heterocycles. The number of hydrogen-bond acceptors (Lipinski definition) is 5. The second kappa shape index (κ2) is 7.89. The molecular formula is C15H22N2O3S2. The summed E-state index contributed by atoms with van der Waals surface area (Å²) in [6.45, 7) is 4.57. The highest BCUT2D eigenvalue weighted by Crippen LogP contribution is 2.38. The van der Waals surface area contributed by atoms with E-state index in [0.29, 0.717) is 21.6 Å². The van der Waals surface area contributed by atoms with Crippen LogP contribution >= 0.6 is 24.8 Å². The van der Waals surface area contributed by atoms with Gasteiger partial charge in [-0.3, -0.25) is 4.90 Å². The fraction of sp³-hybridized carbons (Fsp3) is 0.533. The summed E-state index contributed by atoms with van der Waals surface area (Å²) in [7, 11) is 4.88. The zero-order valence-corrected chi connectivity index (χ0v) is 14.9. The summed E-state index contributed by atoms with van der Waals surface area (Å²) < 4.78 is 16.8. The summed E-state index contributed by atoms with van der Waals surface area (Å²) >= 11 is 9.34. The number of rotatable bonds is 5. The third kappa shape index (κ3) is 3.97. The van der Waals surface area contributed by atoms with Crippen LogP contribution in [0.25, 0.3) is 0 Å². The molecule has 0 N–H and O–H groups in total. The van der Waals surface area contributed by atoms with Gasteiger partial charge in [0.15, 0.2) is 11.5 Å². The van der Waals surface area contributed by atoms with Crippen LogP contribution in [0.15, 0.2) is 12.1 Å². The van der Waals surface area contributed by atoms with E-state index in [1.54, 1.807) is 21.3 Å². The molecule has 5 nitrogen and oxygen atoms in total. The van der Waals surface area contributed by atoms with Crippen molar-refractivity contribution in [1.29, 1.82) is 0 Å². The summed E-state index contributed by atoms with van der Waals surface area (Å²) in [6.07, 6.45) is 0. The number of thiocarbonyl (C=S) groups is 1. The van der Waals surface area contributed by atoms with Gasteiger partial charge in [0.1, 0.15) is 4.32 Å². The zero-order chi connectivity index (χ0) is 16.1. The maximum absolute atomic E-state index is 5.40. The standard InChI is InChI=1S/C15H22N2O3S2/c1-18-12-8-11(9-13(19-2)14(12)20-3)10-16-4-6-17(7-5-16)15(21)22/h8-9H,4-7,10H2,1-3H3,(H,21,22). The number of benzene rings is 1. The first-order valence-corrected chi connectivity index (χ1v) is 7.93. The van der Waals surface area contributed by atoms with Crippen molar-refractivity contribution in [2.75, 3.05) is 47.5 Å². The highest BCUT2D eigenvalue weighted by molar-refractivity contribution is 8.10. The molecule has 0 atom stereocenters. The highest BCUT2D eigenvalue weighted by atomic mass is 32.1. The van der Waals surface area contributed by atoms with Gasteiger partial charge in [-0.25, -0.2) is 0 Å². The number of nitrogens with zero attached hydrogens (tertiary/aromatic N) is 2. The van der Waals surface area contributed by atoms with Crippen molar-refractivity contribution in [1.82, 2.24) is 9.80 Å². The van der Waals surface area contributed by atoms with Crippen molar-refractivity contribution in [3.63, 3.8) is 0 Å². The third-order valence-electron chi connectivity index (χ3n) is 3.77. The second-order valence-corrected chi connectivity index (χ2v) is 6.19. The van der Waals surface area contributed by atoms with Crippen molar-refractivity contribution in [2.24, 2.45) is 0 Å². The normalized spacial score (nSPS) is 15.5. The van der Waals surface area contributed by atoms with Crippen molar-refractivity contribution < 1.29 is 14.2 Å². The minimum Gasteiger partial charge on any atom is -0.493 e. The van der Waals surface area contributed by atoms with E-state index < -0.39 is 0 Å². The molecule has 1 aliphatic heterocycles. The summed E-state index contributed by atoms with van der Waals surface area (Å²) in [5.74, 6) is 2.00. The van der Waals surface area contributed by atoms with Crippen LogP contribution in [-0.2, 0) is 6.54 Å². The Morgan fingerprint density at radius 1 is 1.05 bits per heavy atom. The molecule has 22 heavy (non-hydrogen) atoms. The van der Waals surface area contributed by atoms with Crippen LogP contribution in [0.1, 0.15) is 5.56 Å². The zero-order valence-electron chi connectivity index (χ0n) is 13.2. The van der Waals surface area contributed by atoms with Gasteiger partial charge in [-0.2, -0.15) is 0 Å². The predicted octanol–water partition coefficient (Wildman–Crippen LogP) is 2.04. The van der Waals surface area contributed by atoms with Gasteiger partial charge in [0.25, 0.3) is 0 Å². The van der Waals surface area contributed by atoms with Crippen LogP contribution in [0.2, 0.25) is 0 Å². The number of piperazine rings is 1. The van der Waals surface area contributed by atoms with E-state index in [1.165, 1.54) is 0 Å². The quantitative estimate of drug-likeness (QED) is 0.652. The summed E-state index contributed by atoms with van der Waals surface area (Å²) in [4.78, 5) is 4.49. The molecule has 2 rings (SSSR count). The Kier molecular flexibility index (Phi) is 6.16. The molecule has 0 amide bonds. The van der Waals surface area contributed by atoms with Crippen molar-refractivity contribution in [3.05, 3.63) is 17.7 Å². The van der Waals surface area contributed by atoms with Crippen LogP contribution < -0.4 is 14.2 Å². The fourth-order valence-electron chi connectivity index (χ4n) is 2.58. The SMILES string of the molecule is COc1cc(CN2CCN(C(=S)S)CC2)cc(OC)c1OC. The lowest BCUT2D eigenvalue weighted by atomic mass is 10.1.